The van der Waals surface area contributed by atoms with E-state index in [1.165, 1.54) is 37.5 Å². The van der Waals surface area contributed by atoms with E-state index in [0.29, 0.717) is 6.04 Å². The van der Waals surface area contributed by atoms with Crippen LogP contribution in [-0.4, -0.2) is 51.9 Å². The number of benzene rings is 1. The van der Waals surface area contributed by atoms with Gasteiger partial charge < -0.3 is 4.74 Å². The molecule has 0 radical (unpaired) electrons. The highest BCUT2D eigenvalue weighted by Gasteiger charge is 2.38. The zero-order valence-corrected chi connectivity index (χ0v) is 14.7. The molecule has 1 N–H and O–H groups in total. The van der Waals surface area contributed by atoms with E-state index in [0.717, 1.165) is 18.8 Å². The molecule has 0 amide bonds. The number of nitrogens with one attached hydrogen (secondary N) is 1. The van der Waals surface area contributed by atoms with E-state index < -0.39 is 10.0 Å². The first-order valence-corrected chi connectivity index (χ1v) is 10.2. The van der Waals surface area contributed by atoms with Crippen LogP contribution >= 0.6 is 0 Å². The maximum atomic E-state index is 11.7. The van der Waals surface area contributed by atoms with Crippen molar-refractivity contribution in [2.24, 2.45) is 0 Å². The molecule has 1 aromatic rings. The van der Waals surface area contributed by atoms with Gasteiger partial charge in [0.2, 0.25) is 10.0 Å². The van der Waals surface area contributed by atoms with Gasteiger partial charge in [0.05, 0.1) is 13.4 Å². The SMILES string of the molecule is COc1ccc([C@H]2CN(C3CCCC3)C[C@@H]2NS(C)(=O)=O)cc1. The number of methoxy groups -OCH3 is 1. The van der Waals surface area contributed by atoms with Crippen LogP contribution in [0.1, 0.15) is 37.2 Å². The zero-order valence-electron chi connectivity index (χ0n) is 13.9. The van der Waals surface area contributed by atoms with Gasteiger partial charge in [0, 0.05) is 31.1 Å². The van der Waals surface area contributed by atoms with Gasteiger partial charge in [-0.2, -0.15) is 0 Å². The van der Waals surface area contributed by atoms with Crippen molar-refractivity contribution in [1.29, 1.82) is 0 Å². The van der Waals surface area contributed by atoms with Gasteiger partial charge in [0.15, 0.2) is 0 Å². The summed E-state index contributed by atoms with van der Waals surface area (Å²) in [5.74, 6) is 1.02. The first kappa shape index (κ1) is 16.7. The molecule has 2 aliphatic rings. The summed E-state index contributed by atoms with van der Waals surface area (Å²) in [5.41, 5.74) is 1.17. The Bertz CT molecular complexity index is 624. The largest absolute Gasteiger partial charge is 0.497 e. The van der Waals surface area contributed by atoms with Crippen LogP contribution in [0.4, 0.5) is 0 Å². The number of hydrogen-bond donors (Lipinski definition) is 1. The number of sulfonamides is 1. The molecule has 0 aromatic heterocycles. The lowest BCUT2D eigenvalue weighted by Crippen LogP contribution is -2.40. The molecule has 1 heterocycles. The van der Waals surface area contributed by atoms with Crippen LogP contribution in [0, 0.1) is 0 Å². The molecular weight excluding hydrogens is 312 g/mol. The lowest BCUT2D eigenvalue weighted by atomic mass is 9.95. The molecule has 2 atom stereocenters. The number of ether oxygens (including phenoxy) is 1. The summed E-state index contributed by atoms with van der Waals surface area (Å²) in [7, 11) is -1.56. The van der Waals surface area contributed by atoms with Gasteiger partial charge in [-0.25, -0.2) is 13.1 Å². The molecule has 1 aliphatic carbocycles. The van der Waals surface area contributed by atoms with E-state index in [1.807, 2.05) is 12.1 Å². The van der Waals surface area contributed by atoms with Gasteiger partial charge in [0.25, 0.3) is 0 Å². The topological polar surface area (TPSA) is 58.6 Å². The Morgan fingerprint density at radius 2 is 1.78 bits per heavy atom. The molecule has 128 valence electrons. The van der Waals surface area contributed by atoms with Gasteiger partial charge in [-0.15, -0.1) is 0 Å². The normalized spacial score (nSPS) is 26.7. The van der Waals surface area contributed by atoms with E-state index in [4.69, 9.17) is 4.74 Å². The number of hydrogen-bond acceptors (Lipinski definition) is 4. The smallest absolute Gasteiger partial charge is 0.209 e. The van der Waals surface area contributed by atoms with E-state index >= 15 is 0 Å². The zero-order chi connectivity index (χ0) is 16.4. The van der Waals surface area contributed by atoms with Gasteiger partial charge in [-0.05, 0) is 30.5 Å². The summed E-state index contributed by atoms with van der Waals surface area (Å²) >= 11 is 0. The van der Waals surface area contributed by atoms with Crippen molar-refractivity contribution in [3.8, 4) is 5.75 Å². The van der Waals surface area contributed by atoms with E-state index in [1.54, 1.807) is 7.11 Å². The van der Waals surface area contributed by atoms with E-state index in [2.05, 4.69) is 21.8 Å². The molecular formula is C17H26N2O3S. The molecule has 23 heavy (non-hydrogen) atoms. The lowest BCUT2D eigenvalue weighted by Gasteiger charge is -2.23. The Kier molecular flexibility index (Phi) is 4.94. The predicted molar refractivity (Wildman–Crippen MR) is 91.3 cm³/mol. The Labute approximate surface area is 139 Å². The highest BCUT2D eigenvalue weighted by atomic mass is 32.2. The molecule has 1 saturated carbocycles. The van der Waals surface area contributed by atoms with Gasteiger partial charge in [-0.3, -0.25) is 4.90 Å². The predicted octanol–water partition coefficient (Wildman–Crippen LogP) is 1.95. The molecule has 1 aromatic carbocycles. The van der Waals surface area contributed by atoms with Crippen molar-refractivity contribution < 1.29 is 13.2 Å². The van der Waals surface area contributed by atoms with Crippen molar-refractivity contribution in [2.75, 3.05) is 26.5 Å². The Morgan fingerprint density at radius 1 is 1.13 bits per heavy atom. The van der Waals surface area contributed by atoms with Crippen molar-refractivity contribution in [3.63, 3.8) is 0 Å². The van der Waals surface area contributed by atoms with Crippen molar-refractivity contribution in [1.82, 2.24) is 9.62 Å². The molecule has 6 heteroatoms. The third-order valence-corrected chi connectivity index (χ3v) is 5.83. The standard InChI is InChI=1S/C17H26N2O3S/c1-22-15-9-7-13(8-10-15)16-11-19(14-5-3-4-6-14)12-17(16)18-23(2,20)21/h7-10,14,16-18H,3-6,11-12H2,1-2H3/t16-,17+/m1/s1. The quantitative estimate of drug-likeness (QED) is 0.891. The van der Waals surface area contributed by atoms with Crippen molar-refractivity contribution in [2.45, 2.75) is 43.7 Å². The minimum atomic E-state index is -3.21. The fraction of sp³-hybridized carbons (Fsp3) is 0.647. The summed E-state index contributed by atoms with van der Waals surface area (Å²) < 4.78 is 31.6. The average Bonchev–Trinajstić information content (AvgIpc) is 3.15. The first-order valence-electron chi connectivity index (χ1n) is 8.31. The summed E-state index contributed by atoms with van der Waals surface area (Å²) in [6, 6.07) is 8.56. The molecule has 3 rings (SSSR count). The fourth-order valence-corrected chi connectivity index (χ4v) is 4.77. The fourth-order valence-electron chi connectivity index (χ4n) is 3.99. The molecule has 0 bridgehead atoms. The number of rotatable bonds is 5. The third kappa shape index (κ3) is 4.05. The molecule has 0 spiro atoms. The second kappa shape index (κ2) is 6.79. The van der Waals surface area contributed by atoms with Crippen LogP contribution in [0.3, 0.4) is 0 Å². The second-order valence-electron chi connectivity index (χ2n) is 6.77. The van der Waals surface area contributed by atoms with Crippen LogP contribution in [0.2, 0.25) is 0 Å². The molecule has 1 saturated heterocycles. The maximum Gasteiger partial charge on any atom is 0.209 e. The summed E-state index contributed by atoms with van der Waals surface area (Å²) in [6.45, 7) is 1.72. The summed E-state index contributed by atoms with van der Waals surface area (Å²) in [5, 5.41) is 0. The highest BCUT2D eigenvalue weighted by molar-refractivity contribution is 7.88. The Balaban J connectivity index is 1.80. The van der Waals surface area contributed by atoms with E-state index in [9.17, 15) is 8.42 Å². The van der Waals surface area contributed by atoms with Crippen molar-refractivity contribution >= 4 is 10.0 Å². The number of likely N-dealkylation sites (tertiary alicyclic amines) is 1. The maximum absolute atomic E-state index is 11.7. The Hall–Kier alpha value is -1.11. The van der Waals surface area contributed by atoms with Gasteiger partial charge >= 0.3 is 0 Å². The summed E-state index contributed by atoms with van der Waals surface area (Å²) in [6.07, 6.45) is 6.30. The van der Waals surface area contributed by atoms with Crippen LogP contribution in [0.5, 0.6) is 5.75 Å². The first-order chi connectivity index (χ1) is 11.0. The molecule has 2 fully saturated rings. The van der Waals surface area contributed by atoms with E-state index in [-0.39, 0.29) is 12.0 Å². The average molecular weight is 338 g/mol. The molecule has 5 nitrogen and oxygen atoms in total. The molecule has 1 aliphatic heterocycles. The van der Waals surface area contributed by atoms with Gasteiger partial charge in [-0.1, -0.05) is 25.0 Å². The minimum Gasteiger partial charge on any atom is -0.497 e. The van der Waals surface area contributed by atoms with Gasteiger partial charge in [0.1, 0.15) is 5.75 Å². The Morgan fingerprint density at radius 3 is 2.35 bits per heavy atom. The van der Waals surface area contributed by atoms with Crippen LogP contribution in [0.15, 0.2) is 24.3 Å². The third-order valence-electron chi connectivity index (χ3n) is 5.10. The number of nitrogens with zero attached hydrogens (tertiary/aromatic N) is 1. The van der Waals surface area contributed by atoms with Crippen LogP contribution in [-0.2, 0) is 10.0 Å². The highest BCUT2D eigenvalue weighted by Crippen LogP contribution is 2.34. The molecule has 0 unspecified atom stereocenters. The minimum absolute atomic E-state index is 0.0565. The van der Waals surface area contributed by atoms with Crippen molar-refractivity contribution in [3.05, 3.63) is 29.8 Å². The second-order valence-corrected chi connectivity index (χ2v) is 8.55. The monoisotopic (exact) mass is 338 g/mol. The van der Waals surface area contributed by atoms with Crippen LogP contribution < -0.4 is 9.46 Å². The van der Waals surface area contributed by atoms with Crippen LogP contribution in [0.25, 0.3) is 0 Å². The summed E-state index contributed by atoms with van der Waals surface area (Å²) in [4.78, 5) is 2.48. The lowest BCUT2D eigenvalue weighted by molar-refractivity contribution is 0.240.